The van der Waals surface area contributed by atoms with Crippen LogP contribution in [0.1, 0.15) is 77.0 Å². The Hall–Kier alpha value is -6.79. The van der Waals surface area contributed by atoms with Gasteiger partial charge < -0.3 is 14.0 Å². The number of para-hydroxylation sites is 2. The molecule has 0 bridgehead atoms. The molecule has 0 aliphatic heterocycles. The zero-order chi connectivity index (χ0) is 45.9. The van der Waals surface area contributed by atoms with Crippen molar-refractivity contribution < 1.29 is 33.3 Å². The van der Waals surface area contributed by atoms with Crippen LogP contribution in [0.4, 0.5) is 8.78 Å². The Morgan fingerprint density at radius 1 is 0.642 bits per heavy atom. The van der Waals surface area contributed by atoms with Gasteiger partial charge in [-0.2, -0.15) is 0 Å². The number of furan rings is 1. The van der Waals surface area contributed by atoms with Crippen LogP contribution < -0.4 is 0 Å². The Kier molecular flexibility index (Phi) is 12.3. The summed E-state index contributed by atoms with van der Waals surface area (Å²) in [6.45, 7) is 15.5. The van der Waals surface area contributed by atoms with Crippen LogP contribution >= 0.6 is 0 Å². The molecule has 0 unspecified atom stereocenters. The second kappa shape index (κ2) is 18.1. The number of hydrogen-bond donors (Lipinski definition) is 0. The summed E-state index contributed by atoms with van der Waals surface area (Å²) in [6, 6.07) is 56.3. The number of benzene rings is 8. The minimum Gasteiger partial charge on any atom is -0.497 e. The summed E-state index contributed by atoms with van der Waals surface area (Å²) < 4.78 is 38.3. The van der Waals surface area contributed by atoms with Crippen LogP contribution in [0.3, 0.4) is 0 Å². The van der Waals surface area contributed by atoms with Crippen LogP contribution in [0.5, 0.6) is 0 Å². The van der Waals surface area contributed by atoms with Crippen molar-refractivity contribution in [1.29, 1.82) is 0 Å². The third-order valence-corrected chi connectivity index (χ3v) is 12.6. The Morgan fingerprint density at radius 2 is 1.34 bits per heavy atom. The number of nitrogens with zero attached hydrogens (tertiary/aromatic N) is 3. The van der Waals surface area contributed by atoms with E-state index >= 15 is 4.39 Å². The minimum absolute atomic E-state index is 0. The number of rotatable bonds is 6. The third kappa shape index (κ3) is 8.36. The van der Waals surface area contributed by atoms with Crippen molar-refractivity contribution in [3.8, 4) is 39.5 Å². The maximum absolute atomic E-state index is 16.6. The molecule has 0 aliphatic rings. The summed E-state index contributed by atoms with van der Waals surface area (Å²) in [6.07, 6.45) is 1.78. The number of aromatic nitrogens is 3. The van der Waals surface area contributed by atoms with Crippen molar-refractivity contribution in [2.24, 2.45) is 0 Å². The first-order valence-corrected chi connectivity index (χ1v) is 22.6. The maximum Gasteiger partial charge on any atom is 0.173 e. The van der Waals surface area contributed by atoms with Gasteiger partial charge in [0.1, 0.15) is 0 Å². The number of imidazole rings is 1. The van der Waals surface area contributed by atoms with Gasteiger partial charge in [-0.25, -0.2) is 4.39 Å². The quantitative estimate of drug-likeness (QED) is 0.123. The van der Waals surface area contributed by atoms with Gasteiger partial charge >= 0.3 is 0 Å². The van der Waals surface area contributed by atoms with Crippen LogP contribution in [0, 0.1) is 23.8 Å². The molecule has 0 fully saturated rings. The molecule has 0 spiro atoms. The molecule has 0 saturated carbocycles. The second-order valence-corrected chi connectivity index (χ2v) is 18.7. The standard InChI is InChI=1S/C45H34FN2O.C15H15FN.Ir/c1-26(2)35-24-31(28-13-6-5-7-14-28)25-36(27(3)4)42(35)48-39-20-11-10-19-38(39)47-45(48)34-18-12-17-33-37-23-30-22-21-29-15-8-9-16-32(29)40(30)41(46)44(37)49-43(33)34;1-15(2,3)12-8-9-17-14(10-12)11-4-6-13(16)7-5-11;/h5-17,19-27H,1-4H3;4,6-10H,1-3H3;/q2*-1;. The van der Waals surface area contributed by atoms with Gasteiger partial charge in [-0.1, -0.05) is 144 Å². The van der Waals surface area contributed by atoms with Crippen molar-refractivity contribution in [3.63, 3.8) is 0 Å². The first kappa shape index (κ1) is 45.4. The van der Waals surface area contributed by atoms with Gasteiger partial charge in [0.05, 0.1) is 22.4 Å². The van der Waals surface area contributed by atoms with E-state index in [4.69, 9.17) is 9.40 Å². The Labute approximate surface area is 403 Å². The SMILES string of the molecule is CC(C)(C)c1ccnc(-c2[c-]cc(F)cc2)c1.CC(C)c1cc(-c2ccccc2)cc(C(C)C)c1-n1c(-c2[c-]ccc3c2oc2c(F)c4c(ccc5ccccc54)cc23)nc2ccccc21.[Ir]. The van der Waals surface area contributed by atoms with E-state index in [-0.39, 0.29) is 54.6 Å². The van der Waals surface area contributed by atoms with E-state index in [1.807, 2.05) is 66.7 Å². The number of halogens is 2. The van der Waals surface area contributed by atoms with Crippen LogP contribution in [-0.4, -0.2) is 14.5 Å². The summed E-state index contributed by atoms with van der Waals surface area (Å²) >= 11 is 0. The van der Waals surface area contributed by atoms with E-state index in [1.165, 1.54) is 39.9 Å². The fraction of sp³-hybridized carbons (Fsp3) is 0.167. The first-order chi connectivity index (χ1) is 31.9. The summed E-state index contributed by atoms with van der Waals surface area (Å²) in [4.78, 5) is 9.56. The molecule has 11 aromatic rings. The molecule has 0 aliphatic carbocycles. The summed E-state index contributed by atoms with van der Waals surface area (Å²) in [5, 5.41) is 4.86. The molecular weight excluding hydrogens is 1010 g/mol. The second-order valence-electron chi connectivity index (χ2n) is 18.7. The molecule has 0 N–H and O–H groups in total. The van der Waals surface area contributed by atoms with Gasteiger partial charge in [0, 0.05) is 48.6 Å². The predicted molar refractivity (Wildman–Crippen MR) is 268 cm³/mol. The molecule has 3 aromatic heterocycles. The number of pyridine rings is 1. The van der Waals surface area contributed by atoms with E-state index in [9.17, 15) is 4.39 Å². The molecule has 8 aromatic carbocycles. The van der Waals surface area contributed by atoms with E-state index in [0.29, 0.717) is 16.5 Å². The molecule has 0 saturated heterocycles. The van der Waals surface area contributed by atoms with Crippen LogP contribution in [0.25, 0.3) is 94.0 Å². The molecule has 11 rings (SSSR count). The van der Waals surface area contributed by atoms with E-state index in [1.54, 1.807) is 12.3 Å². The molecule has 0 atom stereocenters. The smallest absolute Gasteiger partial charge is 0.173 e. The topological polar surface area (TPSA) is 43.9 Å². The van der Waals surface area contributed by atoms with Gasteiger partial charge in [-0.15, -0.1) is 48.0 Å². The van der Waals surface area contributed by atoms with Crippen molar-refractivity contribution in [1.82, 2.24) is 14.5 Å². The number of fused-ring (bicyclic) bond motifs is 7. The minimum atomic E-state index is -0.347. The summed E-state index contributed by atoms with van der Waals surface area (Å²) in [5.41, 5.74) is 12.3. The molecular formula is C60H49F2IrN3O-2. The maximum atomic E-state index is 16.6. The van der Waals surface area contributed by atoms with Gasteiger partial charge in [-0.05, 0) is 103 Å². The fourth-order valence-corrected chi connectivity index (χ4v) is 9.12. The van der Waals surface area contributed by atoms with Gasteiger partial charge in [-0.3, -0.25) is 9.37 Å². The third-order valence-electron chi connectivity index (χ3n) is 12.6. The van der Waals surface area contributed by atoms with E-state index in [0.717, 1.165) is 60.7 Å². The molecule has 4 nitrogen and oxygen atoms in total. The molecule has 335 valence electrons. The van der Waals surface area contributed by atoms with Gasteiger partial charge in [0.2, 0.25) is 0 Å². The van der Waals surface area contributed by atoms with Crippen LogP contribution in [-0.2, 0) is 25.5 Å². The van der Waals surface area contributed by atoms with Gasteiger partial charge in [0.15, 0.2) is 11.4 Å². The predicted octanol–water partition coefficient (Wildman–Crippen LogP) is 16.7. The van der Waals surface area contributed by atoms with E-state index in [2.05, 4.69) is 137 Å². The molecule has 0 amide bonds. The fourth-order valence-electron chi connectivity index (χ4n) is 9.12. The Bertz CT molecular complexity index is 3570. The first-order valence-electron chi connectivity index (χ1n) is 22.6. The van der Waals surface area contributed by atoms with Crippen LogP contribution in [0.2, 0.25) is 0 Å². The van der Waals surface area contributed by atoms with Crippen molar-refractivity contribution >= 4 is 54.5 Å². The zero-order valence-electron chi connectivity index (χ0n) is 38.5. The Morgan fingerprint density at radius 3 is 2.06 bits per heavy atom. The summed E-state index contributed by atoms with van der Waals surface area (Å²) in [7, 11) is 0. The average Bonchev–Trinajstić information content (AvgIpc) is 3.90. The van der Waals surface area contributed by atoms with Crippen molar-refractivity contribution in [2.45, 2.75) is 65.7 Å². The Balaban J connectivity index is 0.000000264. The van der Waals surface area contributed by atoms with Crippen LogP contribution in [0.15, 0.2) is 162 Å². The molecule has 67 heavy (non-hydrogen) atoms. The largest absolute Gasteiger partial charge is 0.497 e. The van der Waals surface area contributed by atoms with E-state index < -0.39 is 0 Å². The average molecular weight is 1060 g/mol. The molecule has 1 radical (unpaired) electrons. The zero-order valence-corrected chi connectivity index (χ0v) is 40.9. The monoisotopic (exact) mass is 1060 g/mol. The van der Waals surface area contributed by atoms with Crippen molar-refractivity contribution in [3.05, 3.63) is 198 Å². The molecule has 7 heteroatoms. The molecule has 3 heterocycles. The number of hydrogen-bond acceptors (Lipinski definition) is 3. The summed E-state index contributed by atoms with van der Waals surface area (Å²) in [5.74, 6) is 0.555. The van der Waals surface area contributed by atoms with Gasteiger partial charge in [0.25, 0.3) is 0 Å². The normalized spacial score (nSPS) is 11.8. The van der Waals surface area contributed by atoms with Crippen molar-refractivity contribution in [2.75, 3.05) is 0 Å².